The highest BCUT2D eigenvalue weighted by Gasteiger charge is 2.24. The van der Waals surface area contributed by atoms with Gasteiger partial charge in [0, 0.05) is 13.3 Å². The molecule has 1 aromatic carbocycles. The fourth-order valence-corrected chi connectivity index (χ4v) is 2.99. The first-order valence-corrected chi connectivity index (χ1v) is 9.84. The van der Waals surface area contributed by atoms with Crippen molar-refractivity contribution in [3.05, 3.63) is 35.9 Å². The first-order chi connectivity index (χ1) is 12.9. The van der Waals surface area contributed by atoms with E-state index in [1.807, 2.05) is 30.3 Å². The molecule has 1 rings (SSSR count). The average Bonchev–Trinajstić information content (AvgIpc) is 2.63. The number of rotatable bonds is 13. The van der Waals surface area contributed by atoms with E-state index in [1.54, 1.807) is 0 Å². The van der Waals surface area contributed by atoms with Crippen LogP contribution in [0.4, 0.5) is 0 Å². The van der Waals surface area contributed by atoms with E-state index in [1.165, 1.54) is 26.2 Å². The van der Waals surface area contributed by atoms with Crippen molar-refractivity contribution >= 4 is 17.7 Å². The van der Waals surface area contributed by atoms with Gasteiger partial charge in [-0.25, -0.2) is 0 Å². The molecule has 4 N–H and O–H groups in total. The van der Waals surface area contributed by atoms with Crippen molar-refractivity contribution in [3.8, 4) is 0 Å². The molecule has 2 atom stereocenters. The number of carbonyl (C=O) groups excluding carboxylic acids is 3. The molecule has 0 spiro atoms. The lowest BCUT2D eigenvalue weighted by molar-refractivity contribution is -0.130. The molecule has 3 amide bonds. The normalized spacial score (nSPS) is 12.8. The molecule has 150 valence electrons. The van der Waals surface area contributed by atoms with Crippen molar-refractivity contribution in [1.29, 1.82) is 0 Å². The third kappa shape index (κ3) is 9.78. The first kappa shape index (κ1) is 22.7. The van der Waals surface area contributed by atoms with E-state index in [2.05, 4.69) is 17.6 Å². The largest absolute Gasteiger partial charge is 0.368 e. The number of primary amides is 1. The molecular weight excluding hydrogens is 342 g/mol. The van der Waals surface area contributed by atoms with Crippen LogP contribution in [-0.2, 0) is 20.8 Å². The van der Waals surface area contributed by atoms with Crippen LogP contribution in [0.1, 0.15) is 64.4 Å². The maximum absolute atomic E-state index is 12.6. The van der Waals surface area contributed by atoms with E-state index < -0.39 is 18.0 Å². The Hall–Kier alpha value is -2.37. The summed E-state index contributed by atoms with van der Waals surface area (Å²) in [5.41, 5.74) is 6.39. The smallest absolute Gasteiger partial charge is 0.243 e. The fraction of sp³-hybridized carbons (Fsp3) is 0.571. The van der Waals surface area contributed by atoms with E-state index in [0.29, 0.717) is 12.8 Å². The molecule has 27 heavy (non-hydrogen) atoms. The predicted molar refractivity (Wildman–Crippen MR) is 107 cm³/mol. The zero-order chi connectivity index (χ0) is 20.1. The van der Waals surface area contributed by atoms with Gasteiger partial charge in [0.2, 0.25) is 17.7 Å². The van der Waals surface area contributed by atoms with Gasteiger partial charge in [-0.15, -0.1) is 0 Å². The molecule has 0 saturated carbocycles. The van der Waals surface area contributed by atoms with Gasteiger partial charge in [-0.2, -0.15) is 0 Å². The summed E-state index contributed by atoms with van der Waals surface area (Å²) in [4.78, 5) is 35.8. The van der Waals surface area contributed by atoms with Crippen LogP contribution >= 0.6 is 0 Å². The van der Waals surface area contributed by atoms with Crippen molar-refractivity contribution in [2.45, 2.75) is 77.3 Å². The molecule has 0 bridgehead atoms. The molecule has 0 fully saturated rings. The van der Waals surface area contributed by atoms with Gasteiger partial charge in [0.15, 0.2) is 0 Å². The summed E-state index contributed by atoms with van der Waals surface area (Å²) in [5, 5.41) is 5.38. The minimum Gasteiger partial charge on any atom is -0.368 e. The van der Waals surface area contributed by atoms with Crippen LogP contribution in [0.5, 0.6) is 0 Å². The van der Waals surface area contributed by atoms with Crippen LogP contribution < -0.4 is 16.4 Å². The molecule has 6 heteroatoms. The summed E-state index contributed by atoms with van der Waals surface area (Å²) in [5.74, 6) is -1.22. The second-order valence-electron chi connectivity index (χ2n) is 6.96. The van der Waals surface area contributed by atoms with Gasteiger partial charge in [0.05, 0.1) is 0 Å². The molecule has 0 saturated heterocycles. The van der Waals surface area contributed by atoms with Gasteiger partial charge < -0.3 is 16.4 Å². The van der Waals surface area contributed by atoms with Crippen molar-refractivity contribution in [2.24, 2.45) is 5.73 Å². The van der Waals surface area contributed by atoms with Crippen molar-refractivity contribution in [1.82, 2.24) is 10.6 Å². The number of nitrogens with one attached hydrogen (secondary N) is 2. The Balaban J connectivity index is 2.60. The average molecular weight is 376 g/mol. The van der Waals surface area contributed by atoms with Crippen LogP contribution in [0.2, 0.25) is 0 Å². The highest BCUT2D eigenvalue weighted by molar-refractivity contribution is 5.91. The van der Waals surface area contributed by atoms with Crippen LogP contribution in [0, 0.1) is 0 Å². The Morgan fingerprint density at radius 2 is 1.56 bits per heavy atom. The molecule has 0 aliphatic carbocycles. The van der Waals surface area contributed by atoms with Gasteiger partial charge in [0.1, 0.15) is 12.1 Å². The van der Waals surface area contributed by atoms with Gasteiger partial charge in [-0.3, -0.25) is 14.4 Å². The summed E-state index contributed by atoms with van der Waals surface area (Å²) in [6.45, 7) is 3.53. The van der Waals surface area contributed by atoms with E-state index in [0.717, 1.165) is 24.8 Å². The Morgan fingerprint density at radius 3 is 2.15 bits per heavy atom. The van der Waals surface area contributed by atoms with Gasteiger partial charge in [-0.05, 0) is 12.0 Å². The third-order valence-corrected chi connectivity index (χ3v) is 4.48. The molecule has 0 aliphatic rings. The zero-order valence-corrected chi connectivity index (χ0v) is 16.5. The molecular formula is C21H33N3O3. The lowest BCUT2D eigenvalue weighted by Gasteiger charge is -2.21. The summed E-state index contributed by atoms with van der Waals surface area (Å²) < 4.78 is 0. The van der Waals surface area contributed by atoms with E-state index in [-0.39, 0.29) is 11.8 Å². The Kier molecular flexibility index (Phi) is 10.8. The first-order valence-electron chi connectivity index (χ1n) is 9.84. The highest BCUT2D eigenvalue weighted by Crippen LogP contribution is 2.09. The minimum absolute atomic E-state index is 0.294. The molecule has 6 nitrogen and oxygen atoms in total. The number of carbonyl (C=O) groups is 3. The van der Waals surface area contributed by atoms with Crippen molar-refractivity contribution < 1.29 is 14.4 Å². The zero-order valence-electron chi connectivity index (χ0n) is 16.5. The molecule has 0 heterocycles. The van der Waals surface area contributed by atoms with Crippen LogP contribution in [0.3, 0.4) is 0 Å². The summed E-state index contributed by atoms with van der Waals surface area (Å²) >= 11 is 0. The monoisotopic (exact) mass is 375 g/mol. The number of unbranched alkanes of at least 4 members (excludes halogenated alkanes) is 5. The summed E-state index contributed by atoms with van der Waals surface area (Å²) in [7, 11) is 0. The highest BCUT2D eigenvalue weighted by atomic mass is 16.2. The fourth-order valence-electron chi connectivity index (χ4n) is 2.99. The molecule has 0 aromatic heterocycles. The van der Waals surface area contributed by atoms with Gasteiger partial charge >= 0.3 is 0 Å². The van der Waals surface area contributed by atoms with Crippen LogP contribution in [0.15, 0.2) is 30.3 Å². The third-order valence-electron chi connectivity index (χ3n) is 4.48. The van der Waals surface area contributed by atoms with E-state index >= 15 is 0 Å². The van der Waals surface area contributed by atoms with Gasteiger partial charge in [0.25, 0.3) is 0 Å². The quantitative estimate of drug-likeness (QED) is 0.462. The topological polar surface area (TPSA) is 101 Å². The predicted octanol–water partition coefficient (Wildman–Crippen LogP) is 2.45. The maximum Gasteiger partial charge on any atom is 0.243 e. The van der Waals surface area contributed by atoms with Gasteiger partial charge in [-0.1, -0.05) is 75.8 Å². The molecule has 0 aliphatic heterocycles. The minimum atomic E-state index is -0.740. The lowest BCUT2D eigenvalue weighted by atomic mass is 10.0. The summed E-state index contributed by atoms with van der Waals surface area (Å²) in [6, 6.07) is 7.98. The van der Waals surface area contributed by atoms with Crippen LogP contribution in [0.25, 0.3) is 0 Å². The second kappa shape index (κ2) is 12.9. The standard InChI is InChI=1S/C21H33N3O3/c1-3-4-5-6-7-11-14-18(20(22)26)24-21(27)19(23-16(2)25)15-17-12-9-8-10-13-17/h8-10,12-13,18-19H,3-7,11,14-15H2,1-2H3,(H2,22,26)(H,23,25)(H,24,27)/t18-,19-/m1/s1. The Morgan fingerprint density at radius 1 is 0.926 bits per heavy atom. The Labute approximate surface area is 162 Å². The maximum atomic E-state index is 12.6. The number of hydrogen-bond donors (Lipinski definition) is 3. The Bertz CT molecular complexity index is 590. The number of nitrogens with two attached hydrogens (primary N) is 1. The van der Waals surface area contributed by atoms with Crippen molar-refractivity contribution in [2.75, 3.05) is 0 Å². The molecule has 0 radical (unpaired) electrons. The van der Waals surface area contributed by atoms with Crippen molar-refractivity contribution in [3.63, 3.8) is 0 Å². The summed E-state index contributed by atoms with van der Waals surface area (Å²) in [6.07, 6.45) is 7.43. The molecule has 1 aromatic rings. The number of hydrogen-bond acceptors (Lipinski definition) is 3. The van der Waals surface area contributed by atoms with Crippen LogP contribution in [-0.4, -0.2) is 29.8 Å². The van der Waals surface area contributed by atoms with E-state index in [9.17, 15) is 14.4 Å². The second-order valence-corrected chi connectivity index (χ2v) is 6.96. The molecule has 0 unspecified atom stereocenters. The number of benzene rings is 1. The lowest BCUT2D eigenvalue weighted by Crippen LogP contribution is -2.53. The number of amides is 3. The van der Waals surface area contributed by atoms with E-state index in [4.69, 9.17) is 5.73 Å². The SMILES string of the molecule is CCCCCCCC[C@@H](NC(=O)[C@@H](Cc1ccccc1)NC(C)=O)C(N)=O.